The molecule has 0 aliphatic carbocycles. The molecule has 50 valence electrons. The first kappa shape index (κ1) is 8.69. The lowest BCUT2D eigenvalue weighted by molar-refractivity contribution is 1.31. The highest BCUT2D eigenvalue weighted by molar-refractivity contribution is 7.84. The van der Waals surface area contributed by atoms with E-state index in [0.717, 1.165) is 16.9 Å². The Morgan fingerprint density at radius 3 is 2.56 bits per heavy atom. The summed E-state index contributed by atoms with van der Waals surface area (Å²) >= 11 is 4.07. The van der Waals surface area contributed by atoms with Crippen molar-refractivity contribution in [1.82, 2.24) is 0 Å². The molecule has 2 N–H and O–H groups in total. The minimum absolute atomic E-state index is 0.892. The zero-order chi connectivity index (χ0) is 7.28. The van der Waals surface area contributed by atoms with E-state index in [-0.39, 0.29) is 0 Å². The van der Waals surface area contributed by atoms with Gasteiger partial charge in [0.2, 0.25) is 0 Å². The highest BCUT2D eigenvalue weighted by Gasteiger charge is 1.79. The number of hydrogen-bond acceptors (Lipinski definition) is 2. The molecule has 0 radical (unpaired) electrons. The van der Waals surface area contributed by atoms with Gasteiger partial charge in [-0.05, 0) is 24.2 Å². The standard InChI is InChI=1S/C6H12BNS/c1-5(9)2-3-6(8)4-7/h2-3,9H,4,7-8H2,1H3/b5-2+,6-3+. The van der Waals surface area contributed by atoms with Crippen LogP contribution in [0.5, 0.6) is 0 Å². The highest BCUT2D eigenvalue weighted by atomic mass is 32.1. The fourth-order valence-electron chi connectivity index (χ4n) is 0.345. The van der Waals surface area contributed by atoms with Crippen molar-refractivity contribution in [3.63, 3.8) is 0 Å². The van der Waals surface area contributed by atoms with Gasteiger partial charge in [0.25, 0.3) is 0 Å². The predicted octanol–water partition coefficient (Wildman–Crippen LogP) is 0.714. The van der Waals surface area contributed by atoms with Gasteiger partial charge in [-0.25, -0.2) is 0 Å². The molecule has 0 saturated heterocycles. The van der Waals surface area contributed by atoms with E-state index in [2.05, 4.69) is 12.6 Å². The smallest absolute Gasteiger partial charge is 0.108 e. The zero-order valence-electron chi connectivity index (χ0n) is 5.89. The topological polar surface area (TPSA) is 26.0 Å². The van der Waals surface area contributed by atoms with Gasteiger partial charge in [-0.3, -0.25) is 0 Å². The van der Waals surface area contributed by atoms with Gasteiger partial charge in [0, 0.05) is 5.70 Å². The molecule has 3 heteroatoms. The number of hydrogen-bond donors (Lipinski definition) is 2. The summed E-state index contributed by atoms with van der Waals surface area (Å²) in [5, 5.41) is 0. The van der Waals surface area contributed by atoms with E-state index in [1.807, 2.05) is 26.9 Å². The van der Waals surface area contributed by atoms with Gasteiger partial charge in [0.15, 0.2) is 0 Å². The van der Waals surface area contributed by atoms with Crippen molar-refractivity contribution in [3.8, 4) is 0 Å². The van der Waals surface area contributed by atoms with E-state index in [4.69, 9.17) is 5.73 Å². The SMILES string of the molecule is BC/C(N)=C\C=C(/C)S. The van der Waals surface area contributed by atoms with Crippen molar-refractivity contribution in [3.05, 3.63) is 22.8 Å². The van der Waals surface area contributed by atoms with Gasteiger partial charge in [-0.2, -0.15) is 0 Å². The van der Waals surface area contributed by atoms with Gasteiger partial charge >= 0.3 is 0 Å². The molecular weight excluding hydrogens is 129 g/mol. The van der Waals surface area contributed by atoms with Crippen molar-refractivity contribution in [2.45, 2.75) is 13.2 Å². The molecule has 0 aromatic carbocycles. The van der Waals surface area contributed by atoms with Crippen LogP contribution >= 0.6 is 12.6 Å². The molecule has 0 amide bonds. The molecule has 0 aromatic rings. The second-order valence-electron chi connectivity index (χ2n) is 1.90. The fourth-order valence-corrected chi connectivity index (χ4v) is 0.420. The maximum Gasteiger partial charge on any atom is 0.108 e. The van der Waals surface area contributed by atoms with Crippen LogP contribution in [0.15, 0.2) is 22.8 Å². The first-order valence-electron chi connectivity index (χ1n) is 2.98. The third kappa shape index (κ3) is 5.57. The molecule has 0 fully saturated rings. The van der Waals surface area contributed by atoms with Crippen molar-refractivity contribution < 1.29 is 0 Å². The molecule has 0 aromatic heterocycles. The molecule has 1 nitrogen and oxygen atoms in total. The summed E-state index contributed by atoms with van der Waals surface area (Å²) in [5.41, 5.74) is 6.40. The maximum atomic E-state index is 5.50. The number of rotatable bonds is 2. The Morgan fingerprint density at radius 1 is 1.67 bits per heavy atom. The maximum absolute atomic E-state index is 5.50. The Kier molecular flexibility index (Phi) is 4.41. The summed E-state index contributed by atoms with van der Waals surface area (Å²) in [6, 6.07) is 0. The van der Waals surface area contributed by atoms with E-state index in [1.165, 1.54) is 0 Å². The van der Waals surface area contributed by atoms with Crippen LogP contribution in [0.1, 0.15) is 6.92 Å². The summed E-state index contributed by atoms with van der Waals surface area (Å²) < 4.78 is 0. The van der Waals surface area contributed by atoms with Crippen molar-refractivity contribution in [1.29, 1.82) is 0 Å². The fraction of sp³-hybridized carbons (Fsp3) is 0.333. The highest BCUT2D eigenvalue weighted by Crippen LogP contribution is 1.98. The Bertz CT molecular complexity index is 136. The first-order chi connectivity index (χ1) is 4.16. The van der Waals surface area contributed by atoms with Crippen LogP contribution in [0.4, 0.5) is 0 Å². The van der Waals surface area contributed by atoms with E-state index in [0.29, 0.717) is 0 Å². The van der Waals surface area contributed by atoms with Crippen LogP contribution in [-0.4, -0.2) is 7.85 Å². The third-order valence-corrected chi connectivity index (χ3v) is 1.10. The Hall–Kier alpha value is -0.305. The molecular formula is C6H12BNS. The van der Waals surface area contributed by atoms with Gasteiger partial charge in [0.05, 0.1) is 0 Å². The minimum Gasteiger partial charge on any atom is -0.403 e. The van der Waals surface area contributed by atoms with E-state index < -0.39 is 0 Å². The second kappa shape index (κ2) is 4.56. The molecule has 0 rings (SSSR count). The van der Waals surface area contributed by atoms with Crippen LogP contribution in [-0.2, 0) is 0 Å². The average molecular weight is 141 g/mol. The van der Waals surface area contributed by atoms with Crippen molar-refractivity contribution in [2.75, 3.05) is 0 Å². The summed E-state index contributed by atoms with van der Waals surface area (Å²) in [4.78, 5) is 0.978. The van der Waals surface area contributed by atoms with Crippen molar-refractivity contribution in [2.24, 2.45) is 5.73 Å². The second-order valence-corrected chi connectivity index (χ2v) is 2.61. The summed E-state index contributed by atoms with van der Waals surface area (Å²) in [5.74, 6) is 0. The van der Waals surface area contributed by atoms with E-state index >= 15 is 0 Å². The van der Waals surface area contributed by atoms with E-state index in [9.17, 15) is 0 Å². The normalized spacial score (nSPS) is 14.0. The molecule has 0 unspecified atom stereocenters. The van der Waals surface area contributed by atoms with Gasteiger partial charge in [0.1, 0.15) is 7.85 Å². The minimum atomic E-state index is 0.892. The number of allylic oxidation sites excluding steroid dienone is 4. The molecule has 0 heterocycles. The number of thiol groups is 1. The summed E-state index contributed by atoms with van der Waals surface area (Å²) in [7, 11) is 2.02. The van der Waals surface area contributed by atoms with E-state index in [1.54, 1.807) is 0 Å². The lowest BCUT2D eigenvalue weighted by atomic mass is 10.0. The van der Waals surface area contributed by atoms with Crippen LogP contribution in [0, 0.1) is 0 Å². The average Bonchev–Trinajstić information content (AvgIpc) is 1.83. The zero-order valence-corrected chi connectivity index (χ0v) is 6.78. The van der Waals surface area contributed by atoms with Gasteiger partial charge in [-0.1, -0.05) is 6.08 Å². The molecule has 0 bridgehead atoms. The largest absolute Gasteiger partial charge is 0.403 e. The summed E-state index contributed by atoms with van der Waals surface area (Å²) in [6.07, 6.45) is 4.67. The lowest BCUT2D eigenvalue weighted by Crippen LogP contribution is -1.93. The number of nitrogens with two attached hydrogens (primary N) is 1. The van der Waals surface area contributed by atoms with Crippen LogP contribution < -0.4 is 5.73 Å². The third-order valence-electron chi connectivity index (χ3n) is 0.947. The quantitative estimate of drug-likeness (QED) is 0.330. The predicted molar refractivity (Wildman–Crippen MR) is 48.4 cm³/mol. The Labute approximate surface area is 62.8 Å². The van der Waals surface area contributed by atoms with Crippen molar-refractivity contribution >= 4 is 20.5 Å². The monoisotopic (exact) mass is 141 g/mol. The molecule has 9 heavy (non-hydrogen) atoms. The van der Waals surface area contributed by atoms with Crippen LogP contribution in [0.3, 0.4) is 0 Å². The molecule has 0 spiro atoms. The molecule has 0 aliphatic heterocycles. The molecule has 0 saturated carbocycles. The van der Waals surface area contributed by atoms with Crippen LogP contribution in [0.25, 0.3) is 0 Å². The van der Waals surface area contributed by atoms with Gasteiger partial charge in [-0.15, -0.1) is 12.6 Å². The Balaban J connectivity index is 3.83. The molecule has 0 atom stereocenters. The molecule has 0 aliphatic rings. The summed E-state index contributed by atoms with van der Waals surface area (Å²) in [6.45, 7) is 1.92. The first-order valence-corrected chi connectivity index (χ1v) is 3.43. The Morgan fingerprint density at radius 2 is 2.22 bits per heavy atom. The van der Waals surface area contributed by atoms with Crippen LogP contribution in [0.2, 0.25) is 6.32 Å². The lowest BCUT2D eigenvalue weighted by Gasteiger charge is -1.90. The van der Waals surface area contributed by atoms with Gasteiger partial charge < -0.3 is 5.73 Å².